The molecule has 0 fully saturated rings. The van der Waals surface area contributed by atoms with E-state index >= 15 is 0 Å². The third-order valence-electron chi connectivity index (χ3n) is 2.50. The number of halogens is 3. The van der Waals surface area contributed by atoms with E-state index in [4.69, 9.17) is 17.3 Å². The summed E-state index contributed by atoms with van der Waals surface area (Å²) in [6, 6.07) is 7.16. The molecule has 0 bridgehead atoms. The molecular weight excluding hydrogens is 310 g/mol. The van der Waals surface area contributed by atoms with E-state index in [0.29, 0.717) is 0 Å². The van der Waals surface area contributed by atoms with Crippen LogP contribution in [0.5, 0.6) is 0 Å². The number of rotatable bonds is 3. The normalized spacial score (nSPS) is 11.3. The van der Waals surface area contributed by atoms with E-state index in [9.17, 15) is 17.2 Å². The van der Waals surface area contributed by atoms with Crippen molar-refractivity contribution < 1.29 is 17.2 Å². The van der Waals surface area contributed by atoms with Gasteiger partial charge < -0.3 is 5.73 Å². The monoisotopic (exact) mass is 318 g/mol. The quantitative estimate of drug-likeness (QED) is 0.854. The van der Waals surface area contributed by atoms with Gasteiger partial charge in [-0.05, 0) is 24.3 Å². The fraction of sp³-hybridized carbons (Fsp3) is 0. The number of nitrogens with two attached hydrogens (primary N) is 1. The van der Waals surface area contributed by atoms with Crippen LogP contribution in [-0.2, 0) is 10.0 Å². The van der Waals surface area contributed by atoms with Gasteiger partial charge in [-0.3, -0.25) is 4.72 Å². The summed E-state index contributed by atoms with van der Waals surface area (Å²) in [4.78, 5) is -0.475. The summed E-state index contributed by atoms with van der Waals surface area (Å²) in [7, 11) is -4.22. The van der Waals surface area contributed by atoms with E-state index in [0.717, 1.165) is 12.1 Å². The molecule has 8 heteroatoms. The molecule has 3 N–H and O–H groups in total. The van der Waals surface area contributed by atoms with Crippen molar-refractivity contribution in [1.29, 1.82) is 0 Å². The van der Waals surface area contributed by atoms with Crippen molar-refractivity contribution in [2.45, 2.75) is 4.90 Å². The number of nitrogen functional groups attached to an aromatic ring is 1. The molecule has 2 aromatic rings. The minimum atomic E-state index is -4.22. The Morgan fingerprint density at radius 2 is 1.75 bits per heavy atom. The maximum Gasteiger partial charge on any atom is 0.264 e. The van der Waals surface area contributed by atoms with Crippen molar-refractivity contribution in [2.24, 2.45) is 0 Å². The van der Waals surface area contributed by atoms with Crippen LogP contribution in [0.25, 0.3) is 0 Å². The molecule has 0 amide bonds. The van der Waals surface area contributed by atoms with Gasteiger partial charge in [0.1, 0.15) is 10.7 Å². The SMILES string of the molecule is Nc1c(F)cccc1S(=O)(=O)Nc1cccc(Cl)c1F. The van der Waals surface area contributed by atoms with Gasteiger partial charge in [0, 0.05) is 0 Å². The number of nitrogens with one attached hydrogen (secondary N) is 1. The summed E-state index contributed by atoms with van der Waals surface area (Å²) in [5, 5.41) is -0.239. The van der Waals surface area contributed by atoms with Crippen LogP contribution >= 0.6 is 11.6 Å². The van der Waals surface area contributed by atoms with E-state index < -0.39 is 32.2 Å². The maximum absolute atomic E-state index is 13.7. The first kappa shape index (κ1) is 14.5. The summed E-state index contributed by atoms with van der Waals surface area (Å²) in [6.07, 6.45) is 0. The molecule has 2 rings (SSSR count). The van der Waals surface area contributed by atoms with Gasteiger partial charge in [-0.15, -0.1) is 0 Å². The van der Waals surface area contributed by atoms with Gasteiger partial charge in [0.2, 0.25) is 0 Å². The van der Waals surface area contributed by atoms with Crippen LogP contribution in [0.4, 0.5) is 20.2 Å². The first-order valence-electron chi connectivity index (χ1n) is 5.34. The molecule has 0 radical (unpaired) electrons. The molecule has 0 aliphatic rings. The summed E-state index contributed by atoms with van der Waals surface area (Å²) in [5.74, 6) is -1.80. The third-order valence-corrected chi connectivity index (χ3v) is 4.21. The lowest BCUT2D eigenvalue weighted by Gasteiger charge is -2.11. The van der Waals surface area contributed by atoms with Crippen molar-refractivity contribution in [3.63, 3.8) is 0 Å². The second kappa shape index (κ2) is 5.26. The number of hydrogen-bond donors (Lipinski definition) is 2. The second-order valence-corrected chi connectivity index (χ2v) is 5.92. The van der Waals surface area contributed by atoms with Crippen LogP contribution in [-0.4, -0.2) is 8.42 Å². The average Bonchev–Trinajstić information content (AvgIpc) is 2.38. The molecule has 0 saturated heterocycles. The number of hydrogen-bond acceptors (Lipinski definition) is 3. The number of benzene rings is 2. The largest absolute Gasteiger partial charge is 0.395 e. The highest BCUT2D eigenvalue weighted by Crippen LogP contribution is 2.27. The number of para-hydroxylation sites is 1. The molecule has 2 aromatic carbocycles. The van der Waals surface area contributed by atoms with Gasteiger partial charge >= 0.3 is 0 Å². The topological polar surface area (TPSA) is 72.2 Å². The standard InChI is InChI=1S/C12H9ClF2N2O2S/c13-7-3-1-5-9(11(7)15)17-20(18,19)10-6-2-4-8(14)12(10)16/h1-6,17H,16H2. The Morgan fingerprint density at radius 3 is 2.45 bits per heavy atom. The second-order valence-electron chi connectivity index (χ2n) is 3.86. The zero-order valence-corrected chi connectivity index (χ0v) is 11.5. The zero-order valence-electron chi connectivity index (χ0n) is 9.90. The Balaban J connectivity index is 2.47. The van der Waals surface area contributed by atoms with Crippen molar-refractivity contribution in [3.05, 3.63) is 53.1 Å². The highest BCUT2D eigenvalue weighted by atomic mass is 35.5. The highest BCUT2D eigenvalue weighted by Gasteiger charge is 2.21. The fourth-order valence-corrected chi connectivity index (χ4v) is 2.91. The molecule has 0 saturated carbocycles. The van der Waals surface area contributed by atoms with Crippen LogP contribution in [0.1, 0.15) is 0 Å². The van der Waals surface area contributed by atoms with Crippen LogP contribution in [0.2, 0.25) is 5.02 Å². The minimum absolute atomic E-state index is 0.239. The number of sulfonamides is 1. The summed E-state index contributed by atoms with van der Waals surface area (Å²) >= 11 is 5.55. The van der Waals surface area contributed by atoms with Crippen molar-refractivity contribution in [2.75, 3.05) is 10.5 Å². The minimum Gasteiger partial charge on any atom is -0.395 e. The lowest BCUT2D eigenvalue weighted by Crippen LogP contribution is -2.16. The van der Waals surface area contributed by atoms with Crippen LogP contribution in [0, 0.1) is 11.6 Å². The van der Waals surface area contributed by atoms with Gasteiger partial charge in [-0.25, -0.2) is 17.2 Å². The molecular formula is C12H9ClF2N2O2S. The number of anilines is 2. The van der Waals surface area contributed by atoms with Gasteiger partial charge in [-0.2, -0.15) is 0 Å². The third kappa shape index (κ3) is 2.68. The average molecular weight is 319 g/mol. The van der Waals surface area contributed by atoms with Crippen molar-refractivity contribution >= 4 is 33.0 Å². The van der Waals surface area contributed by atoms with Crippen LogP contribution < -0.4 is 10.5 Å². The molecule has 4 nitrogen and oxygen atoms in total. The molecule has 0 spiro atoms. The summed E-state index contributed by atoms with van der Waals surface area (Å²) in [6.45, 7) is 0. The molecule has 0 unspecified atom stereocenters. The Labute approximate surface area is 119 Å². The van der Waals surface area contributed by atoms with Crippen LogP contribution in [0.3, 0.4) is 0 Å². The summed E-state index contributed by atoms with van der Waals surface area (Å²) < 4.78 is 53.1. The van der Waals surface area contributed by atoms with E-state index in [2.05, 4.69) is 0 Å². The molecule has 0 aliphatic carbocycles. The van der Waals surface area contributed by atoms with E-state index in [1.165, 1.54) is 24.3 Å². The molecule has 0 aromatic heterocycles. The first-order valence-corrected chi connectivity index (χ1v) is 7.20. The smallest absolute Gasteiger partial charge is 0.264 e. The Morgan fingerprint density at radius 1 is 1.10 bits per heavy atom. The Bertz CT molecular complexity index is 766. The van der Waals surface area contributed by atoms with Crippen molar-refractivity contribution in [1.82, 2.24) is 0 Å². The Kier molecular flexibility index (Phi) is 3.82. The zero-order chi connectivity index (χ0) is 14.9. The van der Waals surface area contributed by atoms with E-state index in [1.807, 2.05) is 4.72 Å². The molecule has 0 aliphatic heterocycles. The van der Waals surface area contributed by atoms with E-state index in [-0.39, 0.29) is 10.7 Å². The van der Waals surface area contributed by atoms with Gasteiger partial charge in [0.25, 0.3) is 10.0 Å². The van der Waals surface area contributed by atoms with Crippen molar-refractivity contribution in [3.8, 4) is 0 Å². The molecule has 20 heavy (non-hydrogen) atoms. The predicted octanol–water partition coefficient (Wildman–Crippen LogP) is 3.00. The van der Waals surface area contributed by atoms with Crippen LogP contribution in [0.15, 0.2) is 41.3 Å². The lowest BCUT2D eigenvalue weighted by molar-refractivity contribution is 0.595. The van der Waals surface area contributed by atoms with Gasteiger partial charge in [0.05, 0.1) is 16.4 Å². The maximum atomic E-state index is 13.7. The fourth-order valence-electron chi connectivity index (χ4n) is 1.53. The van der Waals surface area contributed by atoms with Gasteiger partial charge in [-0.1, -0.05) is 23.7 Å². The predicted molar refractivity (Wildman–Crippen MR) is 73.0 cm³/mol. The molecule has 0 atom stereocenters. The van der Waals surface area contributed by atoms with Gasteiger partial charge in [0.15, 0.2) is 5.82 Å². The first-order chi connectivity index (χ1) is 9.33. The molecule has 0 heterocycles. The lowest BCUT2D eigenvalue weighted by atomic mass is 10.3. The Hall–Kier alpha value is -1.86. The highest BCUT2D eigenvalue weighted by molar-refractivity contribution is 7.92. The van der Waals surface area contributed by atoms with E-state index in [1.54, 1.807) is 0 Å². The summed E-state index contributed by atoms with van der Waals surface area (Å²) in [5.41, 5.74) is 4.49. The molecule has 106 valence electrons.